The van der Waals surface area contributed by atoms with Crippen LogP contribution in [0.4, 0.5) is 4.39 Å². The van der Waals surface area contributed by atoms with Crippen LogP contribution < -0.4 is 14.8 Å². The molecule has 1 amide bonds. The van der Waals surface area contributed by atoms with E-state index in [1.807, 2.05) is 19.1 Å². The van der Waals surface area contributed by atoms with E-state index in [0.29, 0.717) is 24.3 Å². The van der Waals surface area contributed by atoms with E-state index in [4.69, 9.17) is 9.47 Å². The summed E-state index contributed by atoms with van der Waals surface area (Å²) in [6.45, 7) is 1.87. The molecule has 0 aliphatic carbocycles. The van der Waals surface area contributed by atoms with Gasteiger partial charge in [0.25, 0.3) is 0 Å². The fourth-order valence-corrected chi connectivity index (χ4v) is 2.42. The zero-order chi connectivity index (χ0) is 17.5. The highest BCUT2D eigenvalue weighted by molar-refractivity contribution is 5.76. The van der Waals surface area contributed by atoms with Crippen LogP contribution in [-0.4, -0.2) is 20.1 Å². The molecule has 0 spiro atoms. The Balaban J connectivity index is 1.92. The highest BCUT2D eigenvalue weighted by Crippen LogP contribution is 2.23. The third kappa shape index (κ3) is 4.98. The van der Waals surface area contributed by atoms with E-state index in [-0.39, 0.29) is 17.8 Å². The molecule has 1 atom stereocenters. The quantitative estimate of drug-likeness (QED) is 0.842. The molecule has 0 heterocycles. The van der Waals surface area contributed by atoms with Crippen LogP contribution in [0.3, 0.4) is 0 Å². The zero-order valence-corrected chi connectivity index (χ0v) is 14.1. The van der Waals surface area contributed by atoms with Crippen molar-refractivity contribution in [2.75, 3.05) is 14.2 Å². The lowest BCUT2D eigenvalue weighted by Crippen LogP contribution is -2.26. The molecule has 128 valence electrons. The Morgan fingerprint density at radius 3 is 2.21 bits per heavy atom. The Labute approximate surface area is 141 Å². The first-order valence-electron chi connectivity index (χ1n) is 7.78. The van der Waals surface area contributed by atoms with Gasteiger partial charge in [-0.25, -0.2) is 4.39 Å². The number of aryl methyl sites for hydroxylation is 1. The second kappa shape index (κ2) is 8.34. The van der Waals surface area contributed by atoms with Gasteiger partial charge in [-0.15, -0.1) is 0 Å². The van der Waals surface area contributed by atoms with Gasteiger partial charge in [0.1, 0.15) is 17.3 Å². The fourth-order valence-electron chi connectivity index (χ4n) is 2.42. The molecular formula is C19H22FNO3. The van der Waals surface area contributed by atoms with Crippen molar-refractivity contribution in [1.29, 1.82) is 0 Å². The van der Waals surface area contributed by atoms with Gasteiger partial charge in [-0.05, 0) is 48.7 Å². The Hall–Kier alpha value is -2.56. The number of nitrogens with one attached hydrogen (secondary N) is 1. The molecule has 0 saturated carbocycles. The van der Waals surface area contributed by atoms with Crippen LogP contribution in [0.5, 0.6) is 11.5 Å². The van der Waals surface area contributed by atoms with Crippen molar-refractivity contribution in [1.82, 2.24) is 5.32 Å². The lowest BCUT2D eigenvalue weighted by molar-refractivity contribution is -0.121. The highest BCUT2D eigenvalue weighted by Gasteiger charge is 2.10. The molecule has 2 rings (SSSR count). The van der Waals surface area contributed by atoms with E-state index >= 15 is 0 Å². The Kier molecular flexibility index (Phi) is 6.18. The van der Waals surface area contributed by atoms with Crippen molar-refractivity contribution in [2.24, 2.45) is 0 Å². The highest BCUT2D eigenvalue weighted by atomic mass is 19.1. The zero-order valence-electron chi connectivity index (χ0n) is 14.1. The summed E-state index contributed by atoms with van der Waals surface area (Å²) in [5.41, 5.74) is 1.84. The second-order valence-electron chi connectivity index (χ2n) is 5.56. The van der Waals surface area contributed by atoms with Gasteiger partial charge in [0.15, 0.2) is 0 Å². The van der Waals surface area contributed by atoms with Crippen LogP contribution in [0.25, 0.3) is 0 Å². The third-order valence-electron chi connectivity index (χ3n) is 3.80. The molecule has 2 aromatic rings. The summed E-state index contributed by atoms with van der Waals surface area (Å²) in [7, 11) is 3.19. The van der Waals surface area contributed by atoms with Gasteiger partial charge < -0.3 is 14.8 Å². The van der Waals surface area contributed by atoms with Crippen LogP contribution in [0.2, 0.25) is 0 Å². The molecule has 2 aromatic carbocycles. The van der Waals surface area contributed by atoms with Crippen LogP contribution in [0, 0.1) is 5.82 Å². The van der Waals surface area contributed by atoms with Gasteiger partial charge in [-0.2, -0.15) is 0 Å². The smallest absolute Gasteiger partial charge is 0.220 e. The molecule has 0 fully saturated rings. The van der Waals surface area contributed by atoms with Crippen LogP contribution in [0.15, 0.2) is 42.5 Å². The summed E-state index contributed by atoms with van der Waals surface area (Å²) in [6, 6.07) is 11.5. The van der Waals surface area contributed by atoms with Crippen LogP contribution in [-0.2, 0) is 11.2 Å². The molecule has 5 heteroatoms. The summed E-state index contributed by atoms with van der Waals surface area (Å²) in [4.78, 5) is 12.1. The maximum atomic E-state index is 12.9. The lowest BCUT2D eigenvalue weighted by atomic mass is 10.1. The van der Waals surface area contributed by atoms with Gasteiger partial charge in [0.05, 0.1) is 20.3 Å². The molecule has 0 radical (unpaired) electrons. The maximum Gasteiger partial charge on any atom is 0.220 e. The number of hydrogen-bond acceptors (Lipinski definition) is 3. The van der Waals surface area contributed by atoms with E-state index in [9.17, 15) is 9.18 Å². The van der Waals surface area contributed by atoms with Crippen molar-refractivity contribution in [3.63, 3.8) is 0 Å². The van der Waals surface area contributed by atoms with Crippen molar-refractivity contribution in [2.45, 2.75) is 25.8 Å². The van der Waals surface area contributed by atoms with Crippen molar-refractivity contribution < 1.29 is 18.7 Å². The van der Waals surface area contributed by atoms with E-state index < -0.39 is 0 Å². The average molecular weight is 331 g/mol. The summed E-state index contributed by atoms with van der Waals surface area (Å²) in [6.07, 6.45) is 0.928. The number of halogens is 1. The lowest BCUT2D eigenvalue weighted by Gasteiger charge is -2.14. The maximum absolute atomic E-state index is 12.9. The predicted molar refractivity (Wildman–Crippen MR) is 90.8 cm³/mol. The third-order valence-corrected chi connectivity index (χ3v) is 3.80. The number of amides is 1. The molecule has 0 aliphatic rings. The molecule has 0 aromatic heterocycles. The molecule has 1 unspecified atom stereocenters. The first-order chi connectivity index (χ1) is 11.5. The molecule has 24 heavy (non-hydrogen) atoms. The number of rotatable bonds is 7. The molecule has 4 nitrogen and oxygen atoms in total. The minimum atomic E-state index is -0.288. The van der Waals surface area contributed by atoms with E-state index in [0.717, 1.165) is 11.1 Å². The van der Waals surface area contributed by atoms with E-state index in [2.05, 4.69) is 5.32 Å². The normalized spacial score (nSPS) is 11.7. The number of carbonyl (C=O) groups excluding carboxylic acids is 1. The Bertz CT molecular complexity index is 663. The van der Waals surface area contributed by atoms with E-state index in [1.165, 1.54) is 12.1 Å². The number of ether oxygens (including phenoxy) is 2. The largest absolute Gasteiger partial charge is 0.497 e. The summed E-state index contributed by atoms with van der Waals surface area (Å²) in [5, 5.41) is 2.92. The van der Waals surface area contributed by atoms with Crippen LogP contribution in [0.1, 0.15) is 30.5 Å². The summed E-state index contributed by atoms with van der Waals surface area (Å²) in [5.74, 6) is 1.05. The molecule has 0 bridgehead atoms. The first kappa shape index (κ1) is 17.8. The first-order valence-corrected chi connectivity index (χ1v) is 7.78. The van der Waals surface area contributed by atoms with Crippen molar-refractivity contribution in [3.8, 4) is 11.5 Å². The fraction of sp³-hybridized carbons (Fsp3) is 0.316. The van der Waals surface area contributed by atoms with Gasteiger partial charge in [0.2, 0.25) is 5.91 Å². The minimum absolute atomic E-state index is 0.0615. The molecule has 1 N–H and O–H groups in total. The van der Waals surface area contributed by atoms with Crippen LogP contribution >= 0.6 is 0 Å². The topological polar surface area (TPSA) is 47.6 Å². The number of benzene rings is 2. The Morgan fingerprint density at radius 1 is 1.08 bits per heavy atom. The predicted octanol–water partition coefficient (Wildman–Crippen LogP) is 3.65. The van der Waals surface area contributed by atoms with Crippen molar-refractivity contribution >= 4 is 5.91 Å². The monoisotopic (exact) mass is 331 g/mol. The molecule has 0 saturated heterocycles. The SMILES string of the molecule is COc1cc(CCC(=O)NC(C)c2ccc(F)cc2)cc(OC)c1. The second-order valence-corrected chi connectivity index (χ2v) is 5.56. The van der Waals surface area contributed by atoms with Gasteiger partial charge in [-0.1, -0.05) is 12.1 Å². The van der Waals surface area contributed by atoms with Gasteiger partial charge in [-0.3, -0.25) is 4.79 Å². The number of methoxy groups -OCH3 is 2. The van der Waals surface area contributed by atoms with Gasteiger partial charge >= 0.3 is 0 Å². The average Bonchev–Trinajstić information content (AvgIpc) is 2.60. The minimum Gasteiger partial charge on any atom is -0.497 e. The standard InChI is InChI=1S/C19H22FNO3/c1-13(15-5-7-16(20)8-6-15)21-19(22)9-4-14-10-17(23-2)12-18(11-14)24-3/h5-8,10-13H,4,9H2,1-3H3,(H,21,22). The van der Waals surface area contributed by atoms with Gasteiger partial charge in [0, 0.05) is 12.5 Å². The summed E-state index contributed by atoms with van der Waals surface area (Å²) < 4.78 is 23.4. The molecular weight excluding hydrogens is 309 g/mol. The number of carbonyl (C=O) groups is 1. The number of hydrogen-bond donors (Lipinski definition) is 1. The summed E-state index contributed by atoms with van der Waals surface area (Å²) >= 11 is 0. The Morgan fingerprint density at radius 2 is 1.67 bits per heavy atom. The van der Waals surface area contributed by atoms with Crippen molar-refractivity contribution in [3.05, 3.63) is 59.4 Å². The van der Waals surface area contributed by atoms with E-state index in [1.54, 1.807) is 32.4 Å². The molecule has 0 aliphatic heterocycles.